The number of nitrogens with zero attached hydrogens (tertiary/aromatic N) is 2. The zero-order chi connectivity index (χ0) is 80.6. The van der Waals surface area contributed by atoms with Crippen LogP contribution in [0.25, 0.3) is 121 Å². The molecule has 424 valence electrons. The summed E-state index contributed by atoms with van der Waals surface area (Å²) in [5.74, 6) is 0. The van der Waals surface area contributed by atoms with Gasteiger partial charge in [-0.05, 0) is 186 Å². The first-order valence-corrected chi connectivity index (χ1v) is 28.7. The van der Waals surface area contributed by atoms with Gasteiger partial charge in [0.15, 0.2) is 0 Å². The Morgan fingerprint density at radius 3 is 1.22 bits per heavy atom. The lowest BCUT2D eigenvalue weighted by Crippen LogP contribution is -2.09. The van der Waals surface area contributed by atoms with Crippen molar-refractivity contribution in [2.75, 3.05) is 9.80 Å². The molecule has 0 unspecified atom stereocenters. The minimum atomic E-state index is -0.592. The number of benzene rings is 15. The van der Waals surface area contributed by atoms with E-state index in [-0.39, 0.29) is 63.6 Å². The molecule has 0 aliphatic heterocycles. The molecule has 90 heavy (non-hydrogen) atoms. The van der Waals surface area contributed by atoms with Gasteiger partial charge in [-0.2, -0.15) is 0 Å². The van der Waals surface area contributed by atoms with E-state index in [2.05, 4.69) is 30.3 Å². The lowest BCUT2D eigenvalue weighted by atomic mass is 9.93. The summed E-state index contributed by atoms with van der Waals surface area (Å²) in [4.78, 5) is 2.72. The van der Waals surface area contributed by atoms with E-state index < -0.39 is 121 Å². The number of para-hydroxylation sites is 4. The van der Waals surface area contributed by atoms with Gasteiger partial charge < -0.3 is 18.6 Å². The van der Waals surface area contributed by atoms with E-state index in [9.17, 15) is 5.48 Å². The average molecular weight is 1180 g/mol. The maximum Gasteiger partial charge on any atom is 0.136 e. The third-order valence-electron chi connectivity index (χ3n) is 15.8. The van der Waals surface area contributed by atoms with Crippen molar-refractivity contribution in [2.45, 2.75) is 0 Å². The molecular formula is C86H58N2O2. The third-order valence-corrected chi connectivity index (χ3v) is 15.8. The Kier molecular flexibility index (Phi) is 8.77. The maximum absolute atomic E-state index is 9.41. The third kappa shape index (κ3) is 10.1. The van der Waals surface area contributed by atoms with Crippen LogP contribution in [0.15, 0.2) is 360 Å². The Bertz CT molecular complexity index is 6780. The van der Waals surface area contributed by atoms with Gasteiger partial charge in [0.2, 0.25) is 0 Å². The molecule has 0 atom stereocenters. The van der Waals surface area contributed by atoms with Gasteiger partial charge in [0.1, 0.15) is 22.3 Å². The van der Waals surface area contributed by atoms with Crippen molar-refractivity contribution in [3.05, 3.63) is 351 Å². The fourth-order valence-electron chi connectivity index (χ4n) is 11.7. The van der Waals surface area contributed by atoms with Crippen molar-refractivity contribution in [3.63, 3.8) is 0 Å². The molecule has 0 spiro atoms. The molecule has 0 saturated carbocycles. The van der Waals surface area contributed by atoms with Gasteiger partial charge in [0.05, 0.1) is 32.9 Å². The van der Waals surface area contributed by atoms with Crippen LogP contribution in [0.3, 0.4) is 0 Å². The molecular weight excluding hydrogens is 1090 g/mol. The van der Waals surface area contributed by atoms with E-state index >= 15 is 0 Å². The van der Waals surface area contributed by atoms with E-state index in [1.165, 1.54) is 21.9 Å². The summed E-state index contributed by atoms with van der Waals surface area (Å²) >= 11 is 0. The number of fused-ring (bicyclic) bond motifs is 9. The zero-order valence-electron chi connectivity index (χ0n) is 71.3. The van der Waals surface area contributed by atoms with Crippen LogP contribution in [0.4, 0.5) is 34.1 Å². The highest BCUT2D eigenvalue weighted by Gasteiger charge is 2.20. The Hall–Kier alpha value is -12.0. The van der Waals surface area contributed by atoms with Crippen molar-refractivity contribution < 1.29 is 41.7 Å². The first-order chi connectivity index (χ1) is 54.6. The highest BCUT2D eigenvalue weighted by Crippen LogP contribution is 2.45. The number of hydrogen-bond acceptors (Lipinski definition) is 4. The minimum absolute atomic E-state index is 0.00403. The molecule has 0 amide bonds. The molecule has 17 aromatic rings. The molecule has 2 aromatic heterocycles. The summed E-state index contributed by atoms with van der Waals surface area (Å²) in [6.45, 7) is 0. The van der Waals surface area contributed by atoms with Gasteiger partial charge in [0.25, 0.3) is 0 Å². The molecule has 4 heteroatoms. The first kappa shape index (κ1) is 33.8. The quantitative estimate of drug-likeness (QED) is 0.121. The van der Waals surface area contributed by atoms with E-state index in [4.69, 9.17) is 36.2 Å². The largest absolute Gasteiger partial charge is 0.456 e. The lowest BCUT2D eigenvalue weighted by molar-refractivity contribution is 0.668. The van der Waals surface area contributed by atoms with Crippen LogP contribution >= 0.6 is 0 Å². The Morgan fingerprint density at radius 2 is 0.644 bits per heavy atom. The van der Waals surface area contributed by atoms with Gasteiger partial charge >= 0.3 is 0 Å². The highest BCUT2D eigenvalue weighted by atomic mass is 16.3. The minimum Gasteiger partial charge on any atom is -0.456 e. The van der Waals surface area contributed by atoms with Crippen LogP contribution in [-0.2, 0) is 0 Å². The van der Waals surface area contributed by atoms with E-state index in [0.29, 0.717) is 72.3 Å². The molecule has 0 aliphatic carbocycles. The molecule has 2 heterocycles. The van der Waals surface area contributed by atoms with E-state index in [1.54, 1.807) is 84.9 Å². The standard InChI is InChI=1S/C44H29NO.C42H29NO/c1-2-12-33(13-3-1)45(34-25-21-30(22-26-34)37-18-10-20-43-44(37)40-17-8-9-19-42(40)46-43)35-27-23-31(24-28-35)41-29-32-11-4-5-14-36(32)38-15-6-7-16-39(38)41;1-4-12-30(13-5-1)32-20-24-36(25-21-32)43(35-16-8-3-9-17-35)37-26-22-33(23-27-37)39-28-34(31-14-6-2-7-15-31)29-41-42(39)38-18-10-11-19-40(38)44-41/h1-29H;1-29H/i1D,2D,3D,12D,13D,21D,22D,25D,26D;1D,2D,3D,4D,5D,6D,7D,8D,9D,12D,13D,14D,15D,16D,17D. The van der Waals surface area contributed by atoms with Crippen molar-refractivity contribution in [3.8, 4) is 55.6 Å². The first-order valence-electron chi connectivity index (χ1n) is 40.7. The second-order valence-corrected chi connectivity index (χ2v) is 20.9. The summed E-state index contributed by atoms with van der Waals surface area (Å²) in [6, 6.07) is 50.3. The molecule has 17 rings (SSSR count). The van der Waals surface area contributed by atoms with E-state index in [0.717, 1.165) is 43.4 Å². The number of furan rings is 2. The molecule has 0 aliphatic rings. The Balaban J connectivity index is 0.000000172. The maximum atomic E-state index is 9.41. The number of hydrogen-bond donors (Lipinski definition) is 0. The number of anilines is 6. The van der Waals surface area contributed by atoms with Crippen molar-refractivity contribution in [1.29, 1.82) is 0 Å². The molecule has 0 radical (unpaired) electrons. The second-order valence-electron chi connectivity index (χ2n) is 20.9. The lowest BCUT2D eigenvalue weighted by Gasteiger charge is -2.26. The normalized spacial score (nSPS) is 15.1. The summed E-state index contributed by atoms with van der Waals surface area (Å²) < 4.78 is 219. The van der Waals surface area contributed by atoms with Gasteiger partial charge in [-0.3, -0.25) is 0 Å². The van der Waals surface area contributed by atoms with Gasteiger partial charge in [-0.1, -0.05) is 242 Å². The SMILES string of the molecule is [2H]c1c([2H])c([2H])c(-c2ccc(N(c3ccc(-c4cc(-c5c([2H])c([2H])c([2H])c([2H])c5[2H])cc5oc6ccccc6c45)cc3)c3c([2H])c([2H])c([2H])c([2H])c3[2H])cc2)c([2H])c1[2H].[2H]c1c([2H])c([2H])c(N(c2ccc(-c3cc4ccccc4c4ccccc34)cc2)c2c([2H])c([2H])c(-c3cccc4oc5ccccc5c34)c([2H])c2[2H])c([2H])c1[2H]. The number of rotatable bonds is 11. The summed E-state index contributed by atoms with van der Waals surface area (Å²) in [6.07, 6.45) is 0. The Morgan fingerprint density at radius 1 is 0.222 bits per heavy atom. The van der Waals surface area contributed by atoms with Crippen LogP contribution in [-0.4, -0.2) is 0 Å². The van der Waals surface area contributed by atoms with Crippen LogP contribution in [0.2, 0.25) is 0 Å². The molecule has 0 bridgehead atoms. The van der Waals surface area contributed by atoms with Crippen LogP contribution in [0.5, 0.6) is 0 Å². The average Bonchev–Trinajstić information content (AvgIpc) is 1.25. The Labute approximate surface area is 556 Å². The molecule has 15 aromatic carbocycles. The monoisotopic (exact) mass is 1170 g/mol. The van der Waals surface area contributed by atoms with Crippen LogP contribution < -0.4 is 9.80 Å². The topological polar surface area (TPSA) is 32.8 Å². The summed E-state index contributed by atoms with van der Waals surface area (Å²) in [7, 11) is 0. The molecule has 4 nitrogen and oxygen atoms in total. The highest BCUT2D eigenvalue weighted by molar-refractivity contribution is 6.16. The van der Waals surface area contributed by atoms with Gasteiger partial charge in [-0.15, -0.1) is 0 Å². The zero-order valence-corrected chi connectivity index (χ0v) is 47.3. The predicted molar refractivity (Wildman–Crippen MR) is 379 cm³/mol. The summed E-state index contributed by atoms with van der Waals surface area (Å²) in [5.41, 5.74) is 6.54. The van der Waals surface area contributed by atoms with Crippen LogP contribution in [0.1, 0.15) is 32.9 Å². The van der Waals surface area contributed by atoms with Crippen molar-refractivity contribution in [1.82, 2.24) is 0 Å². The second kappa shape index (κ2) is 23.4. The predicted octanol–water partition coefficient (Wildman–Crippen LogP) is 24.8. The van der Waals surface area contributed by atoms with Crippen molar-refractivity contribution in [2.24, 2.45) is 0 Å². The molecule has 0 fully saturated rings. The van der Waals surface area contributed by atoms with E-state index in [1.807, 2.05) is 78.9 Å². The van der Waals surface area contributed by atoms with Crippen LogP contribution in [0, 0.1) is 0 Å². The summed E-state index contributed by atoms with van der Waals surface area (Å²) in [5, 5.41) is 7.18. The fraction of sp³-hybridized carbons (Fsp3) is 0. The molecule has 0 saturated heterocycles. The van der Waals surface area contributed by atoms with Gasteiger partial charge in [0, 0.05) is 55.7 Å². The smallest absolute Gasteiger partial charge is 0.136 e. The fourth-order valence-corrected chi connectivity index (χ4v) is 11.7. The van der Waals surface area contributed by atoms with Crippen molar-refractivity contribution >= 4 is 99.5 Å². The van der Waals surface area contributed by atoms with Gasteiger partial charge in [-0.25, -0.2) is 0 Å². The molecule has 0 N–H and O–H groups in total.